The number of rotatable bonds is 2. The summed E-state index contributed by atoms with van der Waals surface area (Å²) >= 11 is 3.61. The van der Waals surface area contributed by atoms with Crippen molar-refractivity contribution in [3.05, 3.63) is 63.7 Å². The Hall–Kier alpha value is -1.39. The van der Waals surface area contributed by atoms with Crippen LogP contribution in [0.3, 0.4) is 0 Å². The van der Waals surface area contributed by atoms with Gasteiger partial charge in [-0.15, -0.1) is 0 Å². The Bertz CT molecular complexity index is 993. The summed E-state index contributed by atoms with van der Waals surface area (Å²) in [4.78, 5) is 18.8. The number of anilines is 1. The van der Waals surface area contributed by atoms with Gasteiger partial charge in [-0.2, -0.15) is 4.99 Å². The Labute approximate surface area is 169 Å². The first-order chi connectivity index (χ1) is 12.4. The first kappa shape index (κ1) is 18.0. The van der Waals surface area contributed by atoms with Gasteiger partial charge < -0.3 is 4.90 Å². The van der Waals surface area contributed by atoms with Crippen LogP contribution < -0.4 is 4.90 Å². The number of sulfone groups is 1. The molecule has 0 aliphatic carbocycles. The second kappa shape index (κ2) is 6.97. The number of fused-ring (bicyclic) bond motifs is 1. The number of halogens is 1. The molecule has 0 saturated carbocycles. The molecule has 0 unspecified atom stereocenters. The van der Waals surface area contributed by atoms with Crippen molar-refractivity contribution in [2.45, 2.75) is 11.3 Å². The number of hydrogen-bond donors (Lipinski definition) is 0. The molecule has 5 nitrogen and oxygen atoms in total. The highest BCUT2D eigenvalue weighted by molar-refractivity contribution is 14.1. The molecule has 2 atom stereocenters. The number of carbonyl (C=O) groups is 1. The summed E-state index contributed by atoms with van der Waals surface area (Å²) in [5, 5.41) is 0.478. The molecule has 0 aromatic heterocycles. The van der Waals surface area contributed by atoms with Crippen LogP contribution in [-0.2, 0) is 9.84 Å². The first-order valence-corrected chi connectivity index (χ1v) is 11.8. The van der Waals surface area contributed by atoms with E-state index in [1.54, 1.807) is 24.3 Å². The second-order valence-electron chi connectivity index (χ2n) is 6.22. The zero-order valence-corrected chi connectivity index (χ0v) is 17.4. The lowest BCUT2D eigenvalue weighted by Crippen LogP contribution is -2.37. The fraction of sp³-hybridized carbons (Fsp3) is 0.222. The van der Waals surface area contributed by atoms with E-state index in [0.717, 1.165) is 9.26 Å². The van der Waals surface area contributed by atoms with Crippen molar-refractivity contribution in [2.75, 3.05) is 16.4 Å². The third-order valence-corrected chi connectivity index (χ3v) is 8.25. The fourth-order valence-corrected chi connectivity index (χ4v) is 7.66. The molecular formula is C18H15IN2O3S2. The highest BCUT2D eigenvalue weighted by Gasteiger charge is 2.49. The van der Waals surface area contributed by atoms with E-state index in [2.05, 4.69) is 27.6 Å². The lowest BCUT2D eigenvalue weighted by atomic mass is 10.2. The molecule has 4 rings (SSSR count). The summed E-state index contributed by atoms with van der Waals surface area (Å²) in [6.45, 7) is 0. The van der Waals surface area contributed by atoms with Crippen LogP contribution in [0.5, 0.6) is 0 Å². The average Bonchev–Trinajstić information content (AvgIpc) is 3.06. The number of amidine groups is 1. The lowest BCUT2D eigenvalue weighted by molar-refractivity contribution is 0.100. The van der Waals surface area contributed by atoms with E-state index >= 15 is 0 Å². The van der Waals surface area contributed by atoms with E-state index in [9.17, 15) is 13.2 Å². The molecule has 8 heteroatoms. The molecule has 0 N–H and O–H groups in total. The molecule has 2 aromatic carbocycles. The molecule has 1 amide bonds. The minimum absolute atomic E-state index is 0.0920. The van der Waals surface area contributed by atoms with Crippen LogP contribution in [0, 0.1) is 3.57 Å². The van der Waals surface area contributed by atoms with Gasteiger partial charge in [0.25, 0.3) is 5.91 Å². The maximum absolute atomic E-state index is 12.5. The van der Waals surface area contributed by atoms with E-state index < -0.39 is 9.84 Å². The topological polar surface area (TPSA) is 66.8 Å². The highest BCUT2D eigenvalue weighted by Crippen LogP contribution is 2.41. The number of aliphatic imine (C=N–C) groups is 1. The van der Waals surface area contributed by atoms with E-state index in [4.69, 9.17) is 0 Å². The van der Waals surface area contributed by atoms with Gasteiger partial charge in [0.2, 0.25) is 0 Å². The maximum atomic E-state index is 12.5. The van der Waals surface area contributed by atoms with E-state index in [0.29, 0.717) is 10.7 Å². The predicted molar refractivity (Wildman–Crippen MR) is 114 cm³/mol. The minimum atomic E-state index is -3.06. The molecule has 2 aliphatic heterocycles. The van der Waals surface area contributed by atoms with Gasteiger partial charge in [-0.25, -0.2) is 8.42 Å². The van der Waals surface area contributed by atoms with Crippen molar-refractivity contribution < 1.29 is 13.2 Å². The van der Waals surface area contributed by atoms with Gasteiger partial charge in [0.1, 0.15) is 0 Å². The normalized spacial score (nSPS) is 25.4. The van der Waals surface area contributed by atoms with Gasteiger partial charge in [0.05, 0.1) is 17.5 Å². The molecule has 2 aliphatic rings. The summed E-state index contributed by atoms with van der Waals surface area (Å²) in [7, 11) is -3.06. The number of carbonyl (C=O) groups excluding carboxylic acids is 1. The molecule has 0 spiro atoms. The van der Waals surface area contributed by atoms with Crippen molar-refractivity contribution in [1.82, 2.24) is 0 Å². The molecule has 2 aromatic rings. The Balaban J connectivity index is 1.74. The molecule has 0 bridgehead atoms. The largest absolute Gasteiger partial charge is 0.316 e. The smallest absolute Gasteiger partial charge is 0.279 e. The van der Waals surface area contributed by atoms with Crippen molar-refractivity contribution in [1.29, 1.82) is 0 Å². The zero-order valence-electron chi connectivity index (χ0n) is 13.6. The summed E-state index contributed by atoms with van der Waals surface area (Å²) in [6, 6.07) is 16.5. The van der Waals surface area contributed by atoms with E-state index in [-0.39, 0.29) is 28.7 Å². The van der Waals surface area contributed by atoms with Gasteiger partial charge in [-0.05, 0) is 52.9 Å². The molecule has 26 heavy (non-hydrogen) atoms. The van der Waals surface area contributed by atoms with Crippen LogP contribution in [0.4, 0.5) is 5.69 Å². The number of amides is 1. The first-order valence-electron chi connectivity index (χ1n) is 8.03. The van der Waals surface area contributed by atoms with Gasteiger partial charge in [-0.1, -0.05) is 36.0 Å². The van der Waals surface area contributed by atoms with E-state index in [1.807, 2.05) is 35.2 Å². The van der Waals surface area contributed by atoms with Crippen molar-refractivity contribution in [3.63, 3.8) is 0 Å². The van der Waals surface area contributed by atoms with Crippen molar-refractivity contribution >= 4 is 61.0 Å². The van der Waals surface area contributed by atoms with Crippen LogP contribution >= 0.6 is 34.4 Å². The van der Waals surface area contributed by atoms with Crippen LogP contribution in [0.25, 0.3) is 0 Å². The van der Waals surface area contributed by atoms with Crippen LogP contribution in [0.15, 0.2) is 59.6 Å². The van der Waals surface area contributed by atoms with Gasteiger partial charge in [0.15, 0.2) is 15.0 Å². The SMILES string of the molecule is O=C(N=C1S[C@@H]2CS(=O)(=O)C[C@@H]2N1c1cccc(I)c1)c1ccccc1. The van der Waals surface area contributed by atoms with Crippen LogP contribution in [-0.4, -0.2) is 42.3 Å². The molecule has 2 fully saturated rings. The van der Waals surface area contributed by atoms with Gasteiger partial charge in [-0.3, -0.25) is 4.79 Å². The fourth-order valence-electron chi connectivity index (χ4n) is 3.22. The van der Waals surface area contributed by atoms with Crippen LogP contribution in [0.1, 0.15) is 10.4 Å². The molecule has 134 valence electrons. The monoisotopic (exact) mass is 498 g/mol. The third-order valence-electron chi connectivity index (χ3n) is 4.37. The van der Waals surface area contributed by atoms with Crippen LogP contribution in [0.2, 0.25) is 0 Å². The Morgan fingerprint density at radius 2 is 1.88 bits per heavy atom. The average molecular weight is 498 g/mol. The second-order valence-corrected chi connectivity index (χ2v) is 10.8. The summed E-state index contributed by atoms with van der Waals surface area (Å²) < 4.78 is 25.2. The summed E-state index contributed by atoms with van der Waals surface area (Å²) in [6.07, 6.45) is 0. The van der Waals surface area contributed by atoms with Gasteiger partial charge >= 0.3 is 0 Å². The lowest BCUT2D eigenvalue weighted by Gasteiger charge is -2.24. The predicted octanol–water partition coefficient (Wildman–Crippen LogP) is 3.21. The third kappa shape index (κ3) is 3.54. The maximum Gasteiger partial charge on any atom is 0.279 e. The standard InChI is InChI=1S/C18H15IN2O3S2/c19-13-7-4-8-14(9-13)21-15-10-26(23,24)11-16(15)25-18(21)20-17(22)12-5-2-1-3-6-12/h1-9,15-16H,10-11H2/t15-,16+/m0/s1. The van der Waals surface area contributed by atoms with Gasteiger partial charge in [0, 0.05) is 20.1 Å². The summed E-state index contributed by atoms with van der Waals surface area (Å²) in [5.41, 5.74) is 1.39. The number of hydrogen-bond acceptors (Lipinski definition) is 4. The molecular weight excluding hydrogens is 483 g/mol. The number of thioether (sulfide) groups is 1. The number of benzene rings is 2. The highest BCUT2D eigenvalue weighted by atomic mass is 127. The number of nitrogens with zero attached hydrogens (tertiary/aromatic N) is 2. The van der Waals surface area contributed by atoms with Crippen molar-refractivity contribution in [3.8, 4) is 0 Å². The van der Waals surface area contributed by atoms with E-state index in [1.165, 1.54) is 11.8 Å². The Kier molecular flexibility index (Phi) is 4.83. The molecule has 2 saturated heterocycles. The van der Waals surface area contributed by atoms with Crippen molar-refractivity contribution in [2.24, 2.45) is 4.99 Å². The quantitative estimate of drug-likeness (QED) is 0.596. The Morgan fingerprint density at radius 3 is 2.62 bits per heavy atom. The molecule has 2 heterocycles. The zero-order chi connectivity index (χ0) is 18.3. The molecule has 0 radical (unpaired) electrons. The minimum Gasteiger partial charge on any atom is -0.316 e. The summed E-state index contributed by atoms with van der Waals surface area (Å²) in [5.74, 6) is -0.0951. The Morgan fingerprint density at radius 1 is 1.12 bits per heavy atom.